The molecule has 5 heteroatoms. The largest absolute Gasteiger partial charge is 0.423 e. The Labute approximate surface area is 144 Å². The summed E-state index contributed by atoms with van der Waals surface area (Å²) in [6.45, 7) is 0. The minimum atomic E-state index is -0.424. The summed E-state index contributed by atoms with van der Waals surface area (Å²) in [6, 6.07) is 13.9. The van der Waals surface area contributed by atoms with Crippen LogP contribution in [0.25, 0.3) is 0 Å². The number of imide groups is 1. The summed E-state index contributed by atoms with van der Waals surface area (Å²) in [6.07, 6.45) is 3.86. The van der Waals surface area contributed by atoms with Crippen LogP contribution in [-0.2, 0) is 16.0 Å². The standard InChI is InChI=1S/C20H15NO4/c22-18-11-12-19(23)21(18)16-10-9-15-14(16)7-4-8-17(15)25-20(24)13-5-2-1-3-6-13/h1-8,11-12,16H,9-10H2/t16-/m0/s1. The van der Waals surface area contributed by atoms with Crippen LogP contribution in [0.3, 0.4) is 0 Å². The van der Waals surface area contributed by atoms with Crippen molar-refractivity contribution in [2.75, 3.05) is 0 Å². The van der Waals surface area contributed by atoms with Crippen LogP contribution < -0.4 is 4.74 Å². The number of benzene rings is 2. The molecule has 25 heavy (non-hydrogen) atoms. The second-order valence-corrected chi connectivity index (χ2v) is 6.01. The van der Waals surface area contributed by atoms with Crippen molar-refractivity contribution in [1.29, 1.82) is 0 Å². The van der Waals surface area contributed by atoms with E-state index >= 15 is 0 Å². The fourth-order valence-electron chi connectivity index (χ4n) is 3.41. The Hall–Kier alpha value is -3.21. The topological polar surface area (TPSA) is 63.7 Å². The Bertz CT molecular complexity index is 883. The Morgan fingerprint density at radius 1 is 0.960 bits per heavy atom. The lowest BCUT2D eigenvalue weighted by atomic mass is 10.1. The third-order valence-corrected chi connectivity index (χ3v) is 4.56. The van der Waals surface area contributed by atoms with Crippen LogP contribution >= 0.6 is 0 Å². The molecule has 0 N–H and O–H groups in total. The number of amides is 2. The molecule has 0 spiro atoms. The van der Waals surface area contributed by atoms with E-state index in [-0.39, 0.29) is 17.9 Å². The van der Waals surface area contributed by atoms with Gasteiger partial charge in [0, 0.05) is 17.7 Å². The van der Waals surface area contributed by atoms with Gasteiger partial charge in [-0.1, -0.05) is 30.3 Å². The summed E-state index contributed by atoms with van der Waals surface area (Å²) in [5.41, 5.74) is 2.22. The molecule has 0 saturated heterocycles. The van der Waals surface area contributed by atoms with Gasteiger partial charge in [0.15, 0.2) is 0 Å². The maximum Gasteiger partial charge on any atom is 0.343 e. The molecule has 2 aromatic carbocycles. The van der Waals surface area contributed by atoms with E-state index in [4.69, 9.17) is 4.74 Å². The molecule has 2 amide bonds. The molecule has 1 aliphatic heterocycles. The van der Waals surface area contributed by atoms with Crippen LogP contribution in [-0.4, -0.2) is 22.7 Å². The average Bonchev–Trinajstić information content (AvgIpc) is 3.19. The third-order valence-electron chi connectivity index (χ3n) is 4.56. The predicted octanol–water partition coefficient (Wildman–Crippen LogP) is 2.82. The number of ether oxygens (including phenoxy) is 1. The summed E-state index contributed by atoms with van der Waals surface area (Å²) in [7, 11) is 0. The van der Waals surface area contributed by atoms with Gasteiger partial charge in [-0.05, 0) is 36.6 Å². The molecule has 0 fully saturated rings. The van der Waals surface area contributed by atoms with Crippen LogP contribution in [0, 0.1) is 0 Å². The molecule has 2 aromatic rings. The number of hydrogen-bond donors (Lipinski definition) is 0. The van der Waals surface area contributed by atoms with E-state index in [2.05, 4.69) is 0 Å². The van der Waals surface area contributed by atoms with E-state index in [0.29, 0.717) is 24.2 Å². The normalized spacial score (nSPS) is 18.6. The number of rotatable bonds is 3. The molecule has 124 valence electrons. The maximum absolute atomic E-state index is 12.3. The Kier molecular flexibility index (Phi) is 3.69. The van der Waals surface area contributed by atoms with Crippen molar-refractivity contribution in [3.8, 4) is 5.75 Å². The molecule has 0 radical (unpaired) electrons. The zero-order valence-corrected chi connectivity index (χ0v) is 13.3. The predicted molar refractivity (Wildman–Crippen MR) is 89.9 cm³/mol. The van der Waals surface area contributed by atoms with Gasteiger partial charge in [0.1, 0.15) is 5.75 Å². The molecule has 4 rings (SSSR count). The minimum Gasteiger partial charge on any atom is -0.423 e. The molecule has 5 nitrogen and oxygen atoms in total. The van der Waals surface area contributed by atoms with E-state index in [1.165, 1.54) is 17.1 Å². The highest BCUT2D eigenvalue weighted by molar-refractivity contribution is 6.13. The van der Waals surface area contributed by atoms with Crippen LogP contribution in [0.2, 0.25) is 0 Å². The van der Waals surface area contributed by atoms with Crippen molar-refractivity contribution in [2.24, 2.45) is 0 Å². The van der Waals surface area contributed by atoms with Gasteiger partial charge in [0.25, 0.3) is 11.8 Å². The number of esters is 1. The second kappa shape index (κ2) is 6.02. The summed E-state index contributed by atoms with van der Waals surface area (Å²) in [4.78, 5) is 37.5. The number of carbonyl (C=O) groups is 3. The third kappa shape index (κ3) is 2.63. The minimum absolute atomic E-state index is 0.297. The van der Waals surface area contributed by atoms with Crippen LogP contribution in [0.5, 0.6) is 5.75 Å². The number of carbonyl (C=O) groups excluding carboxylic acids is 3. The van der Waals surface area contributed by atoms with Gasteiger partial charge in [-0.2, -0.15) is 0 Å². The van der Waals surface area contributed by atoms with Crippen LogP contribution in [0.15, 0.2) is 60.7 Å². The highest BCUT2D eigenvalue weighted by Gasteiger charge is 2.37. The van der Waals surface area contributed by atoms with Gasteiger partial charge in [-0.25, -0.2) is 4.79 Å². The van der Waals surface area contributed by atoms with E-state index in [1.807, 2.05) is 12.1 Å². The fourth-order valence-corrected chi connectivity index (χ4v) is 3.41. The Balaban J connectivity index is 1.62. The quantitative estimate of drug-likeness (QED) is 0.492. The maximum atomic E-state index is 12.3. The number of nitrogens with zero attached hydrogens (tertiary/aromatic N) is 1. The first-order valence-electron chi connectivity index (χ1n) is 8.09. The Morgan fingerprint density at radius 3 is 2.40 bits per heavy atom. The van der Waals surface area contributed by atoms with E-state index in [0.717, 1.165) is 11.1 Å². The SMILES string of the molecule is O=C(Oc1cccc2c1CC[C@@H]2N1C(=O)C=CC1=O)c1ccccc1. The molecular weight excluding hydrogens is 318 g/mol. The van der Waals surface area contributed by atoms with Gasteiger partial charge in [0.05, 0.1) is 11.6 Å². The van der Waals surface area contributed by atoms with Crippen LogP contribution in [0.1, 0.15) is 33.9 Å². The Morgan fingerprint density at radius 2 is 1.68 bits per heavy atom. The van der Waals surface area contributed by atoms with Crippen molar-refractivity contribution in [3.05, 3.63) is 77.4 Å². The molecule has 1 aliphatic carbocycles. The van der Waals surface area contributed by atoms with Crippen molar-refractivity contribution in [1.82, 2.24) is 4.90 Å². The van der Waals surface area contributed by atoms with Crippen molar-refractivity contribution in [2.45, 2.75) is 18.9 Å². The molecule has 1 atom stereocenters. The van der Waals surface area contributed by atoms with Gasteiger partial charge >= 0.3 is 5.97 Å². The lowest BCUT2D eigenvalue weighted by Crippen LogP contribution is -2.33. The zero-order chi connectivity index (χ0) is 17.4. The lowest BCUT2D eigenvalue weighted by Gasteiger charge is -2.23. The van der Waals surface area contributed by atoms with Crippen LogP contribution in [0.4, 0.5) is 0 Å². The van der Waals surface area contributed by atoms with E-state index in [1.54, 1.807) is 36.4 Å². The van der Waals surface area contributed by atoms with Gasteiger partial charge in [-0.15, -0.1) is 0 Å². The first kappa shape index (κ1) is 15.3. The zero-order valence-electron chi connectivity index (χ0n) is 13.3. The molecule has 0 bridgehead atoms. The first-order chi connectivity index (χ1) is 12.1. The molecule has 2 aliphatic rings. The molecule has 0 unspecified atom stereocenters. The number of hydrogen-bond acceptors (Lipinski definition) is 4. The smallest absolute Gasteiger partial charge is 0.343 e. The lowest BCUT2D eigenvalue weighted by molar-refractivity contribution is -0.139. The van der Waals surface area contributed by atoms with Crippen molar-refractivity contribution >= 4 is 17.8 Å². The van der Waals surface area contributed by atoms with Crippen molar-refractivity contribution < 1.29 is 19.1 Å². The molecule has 1 heterocycles. The van der Waals surface area contributed by atoms with Gasteiger partial charge in [-0.3, -0.25) is 14.5 Å². The van der Waals surface area contributed by atoms with E-state index < -0.39 is 5.97 Å². The number of fused-ring (bicyclic) bond motifs is 1. The second-order valence-electron chi connectivity index (χ2n) is 6.01. The fraction of sp³-hybridized carbons (Fsp3) is 0.150. The van der Waals surface area contributed by atoms with Crippen molar-refractivity contribution in [3.63, 3.8) is 0 Å². The highest BCUT2D eigenvalue weighted by atomic mass is 16.5. The summed E-state index contributed by atoms with van der Waals surface area (Å²) < 4.78 is 5.57. The summed E-state index contributed by atoms with van der Waals surface area (Å²) in [5.74, 6) is -0.530. The highest BCUT2D eigenvalue weighted by Crippen LogP contribution is 2.41. The molecule has 0 saturated carbocycles. The van der Waals surface area contributed by atoms with E-state index in [9.17, 15) is 14.4 Å². The summed E-state index contributed by atoms with van der Waals surface area (Å²) in [5, 5.41) is 0. The molecule has 0 aromatic heterocycles. The summed E-state index contributed by atoms with van der Waals surface area (Å²) >= 11 is 0. The monoisotopic (exact) mass is 333 g/mol. The van der Waals surface area contributed by atoms with Gasteiger partial charge < -0.3 is 4.74 Å². The molecular formula is C20H15NO4. The van der Waals surface area contributed by atoms with Gasteiger partial charge in [0.2, 0.25) is 0 Å². The first-order valence-corrected chi connectivity index (χ1v) is 8.09. The average molecular weight is 333 g/mol.